The van der Waals surface area contributed by atoms with E-state index in [0.29, 0.717) is 17.9 Å². The van der Waals surface area contributed by atoms with Gasteiger partial charge in [-0.2, -0.15) is 0 Å². The number of nitrogens with zero attached hydrogens (tertiary/aromatic N) is 3. The Morgan fingerprint density at radius 1 is 1.31 bits per heavy atom. The van der Waals surface area contributed by atoms with Crippen LogP contribution in [0.15, 0.2) is 24.3 Å². The zero-order valence-corrected chi connectivity index (χ0v) is 17.2. The van der Waals surface area contributed by atoms with Gasteiger partial charge in [-0.3, -0.25) is 4.79 Å². The smallest absolute Gasteiger partial charge is 0.242 e. The highest BCUT2D eigenvalue weighted by Crippen LogP contribution is 2.18. The second kappa shape index (κ2) is 9.03. The van der Waals surface area contributed by atoms with E-state index in [2.05, 4.69) is 10.3 Å². The van der Waals surface area contributed by atoms with Crippen LogP contribution in [0.25, 0.3) is 11.0 Å². The second-order valence-corrected chi connectivity index (χ2v) is 8.45. The Morgan fingerprint density at radius 2 is 2.00 bits per heavy atom. The summed E-state index contributed by atoms with van der Waals surface area (Å²) in [5.74, 6) is 0.225. The Hall–Kier alpha value is -1.35. The molecule has 3 rings (SSSR count). The van der Waals surface area contributed by atoms with Gasteiger partial charge in [0.15, 0.2) is 9.84 Å². The molecule has 1 N–H and O–H groups in total. The van der Waals surface area contributed by atoms with Crippen molar-refractivity contribution in [2.75, 3.05) is 25.9 Å². The first kappa shape index (κ1) is 22.7. The number of hydrogen-bond acceptors (Lipinski definition) is 5. The number of hydrogen-bond donors (Lipinski definition) is 1. The van der Waals surface area contributed by atoms with Gasteiger partial charge in [-0.05, 0) is 19.1 Å². The van der Waals surface area contributed by atoms with Crippen LogP contribution in [0.3, 0.4) is 0 Å². The van der Waals surface area contributed by atoms with Gasteiger partial charge in [0, 0.05) is 31.9 Å². The Kier molecular flexibility index (Phi) is 7.88. The Bertz CT molecular complexity index is 870. The van der Waals surface area contributed by atoms with Crippen LogP contribution in [0, 0.1) is 0 Å². The first-order chi connectivity index (χ1) is 11.3. The lowest BCUT2D eigenvalue weighted by atomic mass is 10.2. The van der Waals surface area contributed by atoms with Crippen molar-refractivity contribution in [3.05, 3.63) is 30.1 Å². The minimum Gasteiger partial charge on any atom is -0.336 e. The third kappa shape index (κ3) is 5.09. The van der Waals surface area contributed by atoms with Gasteiger partial charge >= 0.3 is 0 Å². The molecule has 0 spiro atoms. The number of nitrogens with one attached hydrogen (secondary N) is 1. The average Bonchev–Trinajstić information content (AvgIpc) is 2.83. The summed E-state index contributed by atoms with van der Waals surface area (Å²) in [5.41, 5.74) is 1.49. The number of aromatic nitrogens is 2. The van der Waals surface area contributed by atoms with Crippen molar-refractivity contribution < 1.29 is 13.2 Å². The lowest BCUT2D eigenvalue weighted by molar-refractivity contribution is -0.134. The van der Waals surface area contributed by atoms with Crippen LogP contribution in [-0.4, -0.2) is 60.7 Å². The number of halogens is 2. The van der Waals surface area contributed by atoms with Crippen molar-refractivity contribution in [3.8, 4) is 0 Å². The van der Waals surface area contributed by atoms with E-state index in [1.165, 1.54) is 6.26 Å². The summed E-state index contributed by atoms with van der Waals surface area (Å²) in [7, 11) is -3.24. The molecule has 1 aromatic carbocycles. The molecule has 10 heteroatoms. The fraction of sp³-hybridized carbons (Fsp3) is 0.500. The minimum atomic E-state index is -3.24. The van der Waals surface area contributed by atoms with Gasteiger partial charge in [-0.15, -0.1) is 24.8 Å². The summed E-state index contributed by atoms with van der Waals surface area (Å²) in [5, 5.41) is 3.26. The fourth-order valence-corrected chi connectivity index (χ4v) is 3.77. The molecule has 1 fully saturated rings. The molecule has 2 aromatic rings. The second-order valence-electron chi connectivity index (χ2n) is 6.31. The van der Waals surface area contributed by atoms with Crippen LogP contribution < -0.4 is 5.32 Å². The standard InChI is InChI=1S/C16H22N4O3S.2ClH/c1-12-9-17-7-8-19(12)16(21)10-20-14-6-4-3-5-13(14)18-15(20)11-24(2,22)23;;/h3-6,12,17H,7-11H2,1-2H3;2*1H/t12-;;/m0../s1. The molecular formula is C16H24Cl2N4O3S. The van der Waals surface area contributed by atoms with E-state index >= 15 is 0 Å². The molecule has 2 heterocycles. The number of carbonyl (C=O) groups is 1. The molecule has 0 bridgehead atoms. The maximum atomic E-state index is 12.7. The maximum absolute atomic E-state index is 12.7. The van der Waals surface area contributed by atoms with Crippen molar-refractivity contribution in [2.24, 2.45) is 0 Å². The normalized spacial score (nSPS) is 17.5. The fourth-order valence-electron chi connectivity index (χ4n) is 3.08. The molecule has 26 heavy (non-hydrogen) atoms. The molecule has 1 amide bonds. The van der Waals surface area contributed by atoms with E-state index < -0.39 is 9.84 Å². The van der Waals surface area contributed by atoms with Crippen LogP contribution in [0.1, 0.15) is 12.7 Å². The third-order valence-corrected chi connectivity index (χ3v) is 5.02. The van der Waals surface area contributed by atoms with E-state index in [1.54, 1.807) is 4.57 Å². The van der Waals surface area contributed by atoms with E-state index in [1.807, 2.05) is 36.1 Å². The number of sulfone groups is 1. The predicted molar refractivity (Wildman–Crippen MR) is 107 cm³/mol. The zero-order valence-electron chi connectivity index (χ0n) is 14.7. The molecule has 1 aromatic heterocycles. The number of carbonyl (C=O) groups excluding carboxylic acids is 1. The average molecular weight is 423 g/mol. The molecule has 7 nitrogen and oxygen atoms in total. The van der Waals surface area contributed by atoms with E-state index in [-0.39, 0.29) is 49.1 Å². The molecule has 1 aliphatic heterocycles. The molecule has 0 radical (unpaired) electrons. The molecule has 0 saturated carbocycles. The Morgan fingerprint density at radius 3 is 2.65 bits per heavy atom. The van der Waals surface area contributed by atoms with Crippen LogP contribution in [0.2, 0.25) is 0 Å². The summed E-state index contributed by atoms with van der Waals surface area (Å²) in [6, 6.07) is 7.53. The van der Waals surface area contributed by atoms with Gasteiger partial charge in [-0.25, -0.2) is 13.4 Å². The van der Waals surface area contributed by atoms with Gasteiger partial charge < -0.3 is 14.8 Å². The topological polar surface area (TPSA) is 84.3 Å². The first-order valence-corrected chi connectivity index (χ1v) is 10.0. The van der Waals surface area contributed by atoms with Gasteiger partial charge in [-0.1, -0.05) is 12.1 Å². The van der Waals surface area contributed by atoms with Crippen molar-refractivity contribution in [3.63, 3.8) is 0 Å². The van der Waals surface area contributed by atoms with Crippen LogP contribution in [0.4, 0.5) is 0 Å². The van der Waals surface area contributed by atoms with Crippen molar-refractivity contribution >= 4 is 51.6 Å². The lowest BCUT2D eigenvalue weighted by Gasteiger charge is -2.34. The van der Waals surface area contributed by atoms with Crippen LogP contribution >= 0.6 is 24.8 Å². The van der Waals surface area contributed by atoms with Gasteiger partial charge in [0.05, 0.1) is 11.0 Å². The van der Waals surface area contributed by atoms with Gasteiger partial charge in [0.25, 0.3) is 0 Å². The SMILES string of the molecule is C[C@H]1CNCCN1C(=O)Cn1c(CS(C)(=O)=O)nc2ccccc21.Cl.Cl. The van der Waals surface area contributed by atoms with Gasteiger partial charge in [0.2, 0.25) is 5.91 Å². The maximum Gasteiger partial charge on any atom is 0.242 e. The Balaban J connectivity index is 0.00000169. The summed E-state index contributed by atoms with van der Waals surface area (Å²) in [6.45, 7) is 4.32. The summed E-state index contributed by atoms with van der Waals surface area (Å²) in [4.78, 5) is 19.0. The predicted octanol–water partition coefficient (Wildman–Crippen LogP) is 1.24. The van der Waals surface area contributed by atoms with Crippen molar-refractivity contribution in [1.82, 2.24) is 19.8 Å². The number of imidazole rings is 1. The van der Waals surface area contributed by atoms with Crippen molar-refractivity contribution in [1.29, 1.82) is 0 Å². The molecule has 1 atom stereocenters. The minimum absolute atomic E-state index is 0. The first-order valence-electron chi connectivity index (χ1n) is 7.97. The van der Waals surface area contributed by atoms with Crippen LogP contribution in [0.5, 0.6) is 0 Å². The highest BCUT2D eigenvalue weighted by atomic mass is 35.5. The summed E-state index contributed by atoms with van der Waals surface area (Å²) in [6.07, 6.45) is 1.18. The molecule has 0 aliphatic carbocycles. The van der Waals surface area contributed by atoms with E-state index in [9.17, 15) is 13.2 Å². The molecule has 146 valence electrons. The lowest BCUT2D eigenvalue weighted by Crippen LogP contribution is -2.53. The summed E-state index contributed by atoms with van der Waals surface area (Å²) < 4.78 is 25.2. The number of para-hydroxylation sites is 2. The van der Waals surface area contributed by atoms with Crippen LogP contribution in [-0.2, 0) is 26.9 Å². The highest BCUT2D eigenvalue weighted by Gasteiger charge is 2.25. The monoisotopic (exact) mass is 422 g/mol. The molecular weight excluding hydrogens is 399 g/mol. The zero-order chi connectivity index (χ0) is 17.3. The molecule has 1 aliphatic rings. The molecule has 0 unspecified atom stereocenters. The summed E-state index contributed by atoms with van der Waals surface area (Å²) >= 11 is 0. The van der Waals surface area contributed by atoms with E-state index in [4.69, 9.17) is 0 Å². The number of benzene rings is 1. The number of amides is 1. The third-order valence-electron chi connectivity index (χ3n) is 4.24. The Labute approximate surface area is 165 Å². The van der Waals surface area contributed by atoms with Gasteiger partial charge in [0.1, 0.15) is 18.1 Å². The number of rotatable bonds is 4. The van der Waals surface area contributed by atoms with Crippen molar-refractivity contribution in [2.45, 2.75) is 25.3 Å². The number of piperazine rings is 1. The largest absolute Gasteiger partial charge is 0.336 e. The quantitative estimate of drug-likeness (QED) is 0.800. The highest BCUT2D eigenvalue weighted by molar-refractivity contribution is 7.89. The number of fused-ring (bicyclic) bond motifs is 1. The molecule has 1 saturated heterocycles. The van der Waals surface area contributed by atoms with E-state index in [0.717, 1.165) is 18.6 Å².